The summed E-state index contributed by atoms with van der Waals surface area (Å²) in [5.74, 6) is -5.06. The fraction of sp³-hybridized carbons (Fsp3) is 0.639. The molecular formula is C36H45F10N7O3. The smallest absolute Gasteiger partial charge is 0.425 e. The standard InChI is InChI=1S/C34H41F8N7O3.C2H4F2/c1-6-19-8-44-17(3)10-48(5)29-22-27(46-31(47-29)51-11-16(2)9-49-12-32(13-49)14-50-15-32)25(36)26(45-30(22)52-28(19)34(40,41)42)20-7-21(43)24(35)18(4)23(20)33(37,38)39;1-2(3)4/h7,16-17,19,28,44H,6,8-15,43H2,1-5H3;2H,1H3. The topological polar surface area (TPSA) is 111 Å². The number of anilines is 2. The van der Waals surface area contributed by atoms with Gasteiger partial charge < -0.3 is 35.1 Å². The third kappa shape index (κ3) is 9.27. The first-order valence-corrected chi connectivity index (χ1v) is 18.0. The van der Waals surface area contributed by atoms with Crippen LogP contribution in [-0.2, 0) is 10.9 Å². The number of likely N-dealkylation sites (tertiary alicyclic amines) is 1. The summed E-state index contributed by atoms with van der Waals surface area (Å²) in [6.07, 6.45) is -14.9. The van der Waals surface area contributed by atoms with Crippen LogP contribution in [0.4, 0.5) is 55.4 Å². The minimum absolute atomic E-state index is 0.0106. The summed E-state index contributed by atoms with van der Waals surface area (Å²) in [6.45, 7) is 10.8. The highest BCUT2D eigenvalue weighted by atomic mass is 19.4. The number of nitrogens with zero attached hydrogens (tertiary/aromatic N) is 5. The lowest BCUT2D eigenvalue weighted by atomic mass is 9.78. The van der Waals surface area contributed by atoms with E-state index < -0.39 is 93.3 Å². The highest BCUT2D eigenvalue weighted by molar-refractivity contribution is 5.97. The summed E-state index contributed by atoms with van der Waals surface area (Å²) in [5.41, 5.74) is -0.191. The Labute approximate surface area is 317 Å². The van der Waals surface area contributed by atoms with Crippen LogP contribution in [0.15, 0.2) is 6.07 Å². The van der Waals surface area contributed by atoms with Gasteiger partial charge >= 0.3 is 18.4 Å². The van der Waals surface area contributed by atoms with Crippen LogP contribution in [0.3, 0.4) is 0 Å². The first kappa shape index (κ1) is 43.2. The van der Waals surface area contributed by atoms with Gasteiger partial charge in [0.05, 0.1) is 31.1 Å². The molecule has 56 heavy (non-hydrogen) atoms. The summed E-state index contributed by atoms with van der Waals surface area (Å²) >= 11 is 0. The van der Waals surface area contributed by atoms with Crippen molar-refractivity contribution in [2.75, 3.05) is 70.2 Å². The van der Waals surface area contributed by atoms with E-state index in [1.54, 1.807) is 14.0 Å². The van der Waals surface area contributed by atoms with Gasteiger partial charge in [0, 0.05) is 68.6 Å². The van der Waals surface area contributed by atoms with Crippen molar-refractivity contribution in [3.63, 3.8) is 0 Å². The number of hydrogen-bond acceptors (Lipinski definition) is 10. The Hall–Kier alpha value is -3.91. The molecule has 6 rings (SSSR count). The summed E-state index contributed by atoms with van der Waals surface area (Å²) in [5, 5.41) is 2.68. The molecule has 10 nitrogen and oxygen atoms in total. The lowest BCUT2D eigenvalue weighted by molar-refractivity contribution is -0.210. The normalized spacial score (nSPS) is 22.1. The number of hydrogen-bond donors (Lipinski definition) is 2. The second-order valence-electron chi connectivity index (χ2n) is 15.0. The van der Waals surface area contributed by atoms with Gasteiger partial charge in [-0.15, -0.1) is 0 Å². The molecule has 5 heterocycles. The summed E-state index contributed by atoms with van der Waals surface area (Å²) in [4.78, 5) is 16.4. The number of ether oxygens (including phenoxy) is 3. The van der Waals surface area contributed by atoms with E-state index >= 15 is 4.39 Å². The molecule has 1 aromatic carbocycles. The Morgan fingerprint density at radius 3 is 2.25 bits per heavy atom. The maximum absolute atomic E-state index is 16.9. The van der Waals surface area contributed by atoms with Gasteiger partial charge in [-0.2, -0.15) is 36.3 Å². The van der Waals surface area contributed by atoms with E-state index in [0.29, 0.717) is 12.6 Å². The zero-order valence-corrected chi connectivity index (χ0v) is 31.6. The van der Waals surface area contributed by atoms with Crippen molar-refractivity contribution in [3.8, 4) is 23.1 Å². The molecule has 0 aliphatic carbocycles. The highest BCUT2D eigenvalue weighted by Gasteiger charge is 2.49. The van der Waals surface area contributed by atoms with Crippen molar-refractivity contribution in [1.82, 2.24) is 25.2 Å². The molecule has 0 radical (unpaired) electrons. The number of pyridine rings is 1. The van der Waals surface area contributed by atoms with E-state index in [-0.39, 0.29) is 49.3 Å². The predicted octanol–water partition coefficient (Wildman–Crippen LogP) is 7.26. The molecular weight excluding hydrogens is 768 g/mol. The van der Waals surface area contributed by atoms with Crippen LogP contribution in [0.5, 0.6) is 11.9 Å². The molecule has 2 aromatic heterocycles. The van der Waals surface area contributed by atoms with Crippen LogP contribution in [-0.4, -0.2) is 104 Å². The van der Waals surface area contributed by atoms with Gasteiger partial charge in [0.25, 0.3) is 0 Å². The Balaban J connectivity index is 0.00000143. The average Bonchev–Trinajstić information content (AvgIpc) is 3.07. The van der Waals surface area contributed by atoms with Crippen molar-refractivity contribution < 1.29 is 58.1 Å². The summed E-state index contributed by atoms with van der Waals surface area (Å²) in [7, 11) is 1.56. The van der Waals surface area contributed by atoms with Crippen LogP contribution in [0.1, 0.15) is 45.2 Å². The van der Waals surface area contributed by atoms with Crippen molar-refractivity contribution >= 4 is 22.4 Å². The molecule has 3 N–H and O–H groups in total. The fourth-order valence-corrected chi connectivity index (χ4v) is 7.32. The minimum Gasteiger partial charge on any atom is -0.464 e. The van der Waals surface area contributed by atoms with Gasteiger partial charge in [-0.3, -0.25) is 0 Å². The lowest BCUT2D eigenvalue weighted by Crippen LogP contribution is -2.66. The van der Waals surface area contributed by atoms with Crippen molar-refractivity contribution in [2.45, 2.75) is 72.0 Å². The molecule has 4 unspecified atom stereocenters. The van der Waals surface area contributed by atoms with Crippen molar-refractivity contribution in [2.24, 2.45) is 17.3 Å². The zero-order valence-electron chi connectivity index (χ0n) is 31.6. The first-order valence-electron chi connectivity index (χ1n) is 18.0. The summed E-state index contributed by atoms with van der Waals surface area (Å²) < 4.78 is 157. The number of aromatic nitrogens is 3. The molecule has 20 heteroatoms. The van der Waals surface area contributed by atoms with E-state index in [1.807, 2.05) is 6.92 Å². The number of nitrogens with one attached hydrogen (secondary N) is 1. The van der Waals surface area contributed by atoms with Crippen LogP contribution < -0.4 is 25.4 Å². The third-order valence-electron chi connectivity index (χ3n) is 9.93. The third-order valence-corrected chi connectivity index (χ3v) is 9.93. The largest absolute Gasteiger partial charge is 0.464 e. The molecule has 2 fully saturated rings. The molecule has 312 valence electrons. The Kier molecular flexibility index (Phi) is 12.7. The van der Waals surface area contributed by atoms with Crippen molar-refractivity contribution in [1.29, 1.82) is 0 Å². The molecule has 2 saturated heterocycles. The molecule has 1 spiro atoms. The minimum atomic E-state index is -5.25. The Morgan fingerprint density at radius 2 is 1.70 bits per heavy atom. The number of rotatable bonds is 7. The second-order valence-corrected chi connectivity index (χ2v) is 15.0. The first-order chi connectivity index (χ1) is 26.0. The quantitative estimate of drug-likeness (QED) is 0.187. The van der Waals surface area contributed by atoms with Crippen molar-refractivity contribution in [3.05, 3.63) is 28.8 Å². The fourth-order valence-electron chi connectivity index (χ4n) is 7.32. The summed E-state index contributed by atoms with van der Waals surface area (Å²) in [6, 6.07) is -0.220. The van der Waals surface area contributed by atoms with E-state index in [1.165, 1.54) is 11.8 Å². The SMILES string of the molecule is CC(F)F.CCC1CNC(C)CN(C)c2nc(OCC(C)CN3CC4(COC4)C3)nc3c(F)c(-c4cc(N)c(F)c(C)c4C(F)(F)F)nc(c23)OC1C(F)(F)F. The van der Waals surface area contributed by atoms with Gasteiger partial charge in [-0.1, -0.05) is 13.8 Å². The second kappa shape index (κ2) is 16.5. The molecule has 4 atom stereocenters. The predicted molar refractivity (Wildman–Crippen MR) is 188 cm³/mol. The van der Waals surface area contributed by atoms with E-state index in [2.05, 4.69) is 25.2 Å². The van der Waals surface area contributed by atoms with Gasteiger partial charge in [0.1, 0.15) is 28.2 Å². The lowest BCUT2D eigenvalue weighted by Gasteiger charge is -2.55. The zero-order chi connectivity index (χ0) is 41.5. The molecule has 3 aromatic rings. The van der Waals surface area contributed by atoms with Crippen LogP contribution in [0.2, 0.25) is 0 Å². The van der Waals surface area contributed by atoms with Crippen LogP contribution >= 0.6 is 0 Å². The highest BCUT2D eigenvalue weighted by Crippen LogP contribution is 2.46. The van der Waals surface area contributed by atoms with Crippen LogP contribution in [0.25, 0.3) is 22.2 Å². The number of likely N-dealkylation sites (N-methyl/N-ethyl adjacent to an activating group) is 1. The van der Waals surface area contributed by atoms with Gasteiger partial charge in [0.2, 0.25) is 12.3 Å². The van der Waals surface area contributed by atoms with E-state index in [4.69, 9.17) is 19.9 Å². The van der Waals surface area contributed by atoms with Gasteiger partial charge in [0.15, 0.2) is 11.9 Å². The van der Waals surface area contributed by atoms with Gasteiger partial charge in [-0.05, 0) is 38.8 Å². The number of nitrogens with two attached hydrogens (primary N) is 1. The van der Waals surface area contributed by atoms with Gasteiger partial charge in [-0.25, -0.2) is 22.5 Å². The maximum Gasteiger partial charge on any atom is 0.425 e. The molecule has 0 saturated carbocycles. The van der Waals surface area contributed by atoms with E-state index in [9.17, 15) is 39.5 Å². The van der Waals surface area contributed by atoms with E-state index in [0.717, 1.165) is 40.2 Å². The number of alkyl halides is 8. The number of benzene rings is 1. The molecule has 3 aliphatic heterocycles. The number of nitrogen functional groups attached to an aromatic ring is 1. The monoisotopic (exact) mass is 813 g/mol. The number of halogens is 10. The Morgan fingerprint density at radius 1 is 1.05 bits per heavy atom. The van der Waals surface area contributed by atoms with Crippen LogP contribution in [0, 0.1) is 35.8 Å². The average molecular weight is 814 g/mol. The molecule has 0 amide bonds. The Bertz CT molecular complexity index is 1870. The molecule has 0 bridgehead atoms. The molecule has 3 aliphatic rings. The maximum atomic E-state index is 16.9.